The predicted octanol–water partition coefficient (Wildman–Crippen LogP) is 3.80. The molecule has 1 atom stereocenters. The van der Waals surface area contributed by atoms with E-state index in [2.05, 4.69) is 4.74 Å². The van der Waals surface area contributed by atoms with Crippen molar-refractivity contribution in [2.45, 2.75) is 59.3 Å². The Hall–Kier alpha value is -1.46. The summed E-state index contributed by atoms with van der Waals surface area (Å²) < 4.78 is 32.1. The SMILES string of the molecule is CCOC(=O)C(F)(F)CC(C)C1=C(C(=O)O)CC(C)(C)CC1. The lowest BCUT2D eigenvalue weighted by atomic mass is 9.71. The van der Waals surface area contributed by atoms with Gasteiger partial charge in [0.05, 0.1) is 6.61 Å². The number of ether oxygens (including phenoxy) is 1. The molecule has 126 valence electrons. The van der Waals surface area contributed by atoms with E-state index in [1.165, 1.54) is 6.92 Å². The quantitative estimate of drug-likeness (QED) is 0.757. The van der Waals surface area contributed by atoms with Gasteiger partial charge in [-0.1, -0.05) is 26.3 Å². The fourth-order valence-corrected chi connectivity index (χ4v) is 2.89. The second kappa shape index (κ2) is 6.75. The molecule has 0 spiro atoms. The summed E-state index contributed by atoms with van der Waals surface area (Å²) in [6, 6.07) is 0. The molecule has 1 aliphatic rings. The average Bonchev–Trinajstić information content (AvgIpc) is 2.37. The minimum absolute atomic E-state index is 0.111. The molecule has 0 amide bonds. The molecule has 1 aliphatic carbocycles. The maximum absolute atomic E-state index is 13.8. The van der Waals surface area contributed by atoms with E-state index < -0.39 is 30.2 Å². The number of hydrogen-bond acceptors (Lipinski definition) is 3. The van der Waals surface area contributed by atoms with Gasteiger partial charge in [-0.3, -0.25) is 0 Å². The van der Waals surface area contributed by atoms with E-state index in [0.717, 1.165) is 6.42 Å². The highest BCUT2D eigenvalue weighted by atomic mass is 19.3. The van der Waals surface area contributed by atoms with Crippen LogP contribution in [0.3, 0.4) is 0 Å². The molecular weight excluding hydrogens is 294 g/mol. The normalized spacial score (nSPS) is 19.7. The monoisotopic (exact) mass is 318 g/mol. The molecule has 0 aromatic rings. The summed E-state index contributed by atoms with van der Waals surface area (Å²) in [5.74, 6) is -6.88. The summed E-state index contributed by atoms with van der Waals surface area (Å²) in [6.07, 6.45) is 0.842. The number of rotatable bonds is 6. The Labute approximate surface area is 129 Å². The molecule has 6 heteroatoms. The Morgan fingerprint density at radius 2 is 2.00 bits per heavy atom. The van der Waals surface area contributed by atoms with Crippen molar-refractivity contribution >= 4 is 11.9 Å². The van der Waals surface area contributed by atoms with Crippen LogP contribution in [-0.4, -0.2) is 29.6 Å². The van der Waals surface area contributed by atoms with Crippen molar-refractivity contribution in [2.24, 2.45) is 11.3 Å². The van der Waals surface area contributed by atoms with Gasteiger partial charge < -0.3 is 9.84 Å². The molecule has 0 saturated heterocycles. The van der Waals surface area contributed by atoms with Crippen LogP contribution in [0.1, 0.15) is 53.4 Å². The second-order valence-corrected chi connectivity index (χ2v) is 6.68. The number of carboxylic acid groups (broad SMARTS) is 1. The zero-order chi connectivity index (χ0) is 17.1. The van der Waals surface area contributed by atoms with Crippen LogP contribution in [0.4, 0.5) is 8.78 Å². The van der Waals surface area contributed by atoms with Crippen LogP contribution in [-0.2, 0) is 14.3 Å². The maximum Gasteiger partial charge on any atom is 0.376 e. The largest absolute Gasteiger partial charge is 0.478 e. The molecule has 0 fully saturated rings. The first-order chi connectivity index (χ1) is 10.00. The highest BCUT2D eigenvalue weighted by molar-refractivity contribution is 5.88. The lowest BCUT2D eigenvalue weighted by Crippen LogP contribution is -2.34. The molecule has 22 heavy (non-hydrogen) atoms. The molecule has 1 N–H and O–H groups in total. The summed E-state index contributed by atoms with van der Waals surface area (Å²) in [6.45, 7) is 6.82. The van der Waals surface area contributed by atoms with Crippen molar-refractivity contribution in [3.63, 3.8) is 0 Å². The van der Waals surface area contributed by atoms with Crippen molar-refractivity contribution < 1.29 is 28.2 Å². The first-order valence-electron chi connectivity index (χ1n) is 7.50. The number of allylic oxidation sites excluding steroid dienone is 1. The third kappa shape index (κ3) is 4.52. The van der Waals surface area contributed by atoms with Crippen molar-refractivity contribution in [1.29, 1.82) is 0 Å². The maximum atomic E-state index is 13.8. The van der Waals surface area contributed by atoms with Crippen LogP contribution in [0.2, 0.25) is 0 Å². The van der Waals surface area contributed by atoms with Gasteiger partial charge in [0.25, 0.3) is 0 Å². The van der Waals surface area contributed by atoms with Gasteiger partial charge in [-0.25, -0.2) is 9.59 Å². The smallest absolute Gasteiger partial charge is 0.376 e. The molecule has 0 bridgehead atoms. The molecule has 0 aromatic carbocycles. The summed E-state index contributed by atoms with van der Waals surface area (Å²) >= 11 is 0. The van der Waals surface area contributed by atoms with Crippen LogP contribution in [0.25, 0.3) is 0 Å². The van der Waals surface area contributed by atoms with Gasteiger partial charge >= 0.3 is 17.9 Å². The predicted molar refractivity (Wildman–Crippen MR) is 77.7 cm³/mol. The Kier molecular flexibility index (Phi) is 5.70. The lowest BCUT2D eigenvalue weighted by Gasteiger charge is -2.34. The minimum Gasteiger partial charge on any atom is -0.478 e. The topological polar surface area (TPSA) is 63.6 Å². The number of halogens is 2. The number of carbonyl (C=O) groups is 2. The van der Waals surface area contributed by atoms with Gasteiger partial charge in [-0.15, -0.1) is 0 Å². The third-order valence-corrected chi connectivity index (χ3v) is 4.10. The van der Waals surface area contributed by atoms with Gasteiger partial charge in [0.2, 0.25) is 0 Å². The van der Waals surface area contributed by atoms with Crippen molar-refractivity contribution in [3.8, 4) is 0 Å². The van der Waals surface area contributed by atoms with Crippen LogP contribution in [0, 0.1) is 11.3 Å². The number of aliphatic carboxylic acids is 1. The zero-order valence-corrected chi connectivity index (χ0v) is 13.5. The number of esters is 1. The minimum atomic E-state index is -3.60. The molecular formula is C16H24F2O4. The summed E-state index contributed by atoms with van der Waals surface area (Å²) in [5, 5.41) is 9.34. The molecule has 0 radical (unpaired) electrons. The van der Waals surface area contributed by atoms with Gasteiger partial charge in [0, 0.05) is 12.0 Å². The highest BCUT2D eigenvalue weighted by Gasteiger charge is 2.43. The van der Waals surface area contributed by atoms with Crippen molar-refractivity contribution in [2.75, 3.05) is 6.61 Å². The average molecular weight is 318 g/mol. The van der Waals surface area contributed by atoms with Crippen LogP contribution in [0.5, 0.6) is 0 Å². The molecule has 0 saturated carbocycles. The lowest BCUT2D eigenvalue weighted by molar-refractivity contribution is -0.173. The van der Waals surface area contributed by atoms with Crippen molar-refractivity contribution in [3.05, 3.63) is 11.1 Å². The van der Waals surface area contributed by atoms with Gasteiger partial charge in [0.15, 0.2) is 0 Å². The summed E-state index contributed by atoms with van der Waals surface area (Å²) in [7, 11) is 0. The number of carbonyl (C=O) groups excluding carboxylic acids is 1. The Morgan fingerprint density at radius 3 is 2.50 bits per heavy atom. The number of carboxylic acids is 1. The highest BCUT2D eigenvalue weighted by Crippen LogP contribution is 2.43. The van der Waals surface area contributed by atoms with Gasteiger partial charge in [-0.05, 0) is 37.5 Å². The Balaban J connectivity index is 2.97. The van der Waals surface area contributed by atoms with E-state index >= 15 is 0 Å². The van der Waals surface area contributed by atoms with E-state index in [4.69, 9.17) is 0 Å². The third-order valence-electron chi connectivity index (χ3n) is 4.10. The fraction of sp³-hybridized carbons (Fsp3) is 0.750. The summed E-state index contributed by atoms with van der Waals surface area (Å²) in [5.41, 5.74) is 0.583. The van der Waals surface area contributed by atoms with Crippen LogP contribution >= 0.6 is 0 Å². The fourth-order valence-electron chi connectivity index (χ4n) is 2.89. The number of hydrogen-bond donors (Lipinski definition) is 1. The van der Waals surface area contributed by atoms with Gasteiger partial charge in [0.1, 0.15) is 0 Å². The molecule has 4 nitrogen and oxygen atoms in total. The van der Waals surface area contributed by atoms with Gasteiger partial charge in [-0.2, -0.15) is 8.78 Å². The first-order valence-corrected chi connectivity index (χ1v) is 7.50. The second-order valence-electron chi connectivity index (χ2n) is 6.68. The standard InChI is InChI=1S/C16H24F2O4/c1-5-22-14(21)16(17,18)8-10(2)11-6-7-15(3,4)9-12(11)13(19)20/h10H,5-9H2,1-4H3,(H,19,20). The van der Waals surface area contributed by atoms with Crippen LogP contribution < -0.4 is 0 Å². The molecule has 0 heterocycles. The Bertz CT molecular complexity index is 481. The molecule has 0 aliphatic heterocycles. The molecule has 0 aromatic heterocycles. The summed E-state index contributed by atoms with van der Waals surface area (Å²) in [4.78, 5) is 22.7. The van der Waals surface area contributed by atoms with Crippen LogP contribution in [0.15, 0.2) is 11.1 Å². The molecule has 1 rings (SSSR count). The van der Waals surface area contributed by atoms with Crippen molar-refractivity contribution in [1.82, 2.24) is 0 Å². The first kappa shape index (κ1) is 18.6. The van der Waals surface area contributed by atoms with E-state index in [0.29, 0.717) is 18.4 Å². The van der Waals surface area contributed by atoms with E-state index in [-0.39, 0.29) is 17.6 Å². The molecule has 1 unspecified atom stereocenters. The number of alkyl halides is 2. The zero-order valence-electron chi connectivity index (χ0n) is 13.5. The van der Waals surface area contributed by atoms with E-state index in [9.17, 15) is 23.5 Å². The van der Waals surface area contributed by atoms with E-state index in [1.807, 2.05) is 13.8 Å². The van der Waals surface area contributed by atoms with E-state index in [1.54, 1.807) is 6.92 Å². The Morgan fingerprint density at radius 1 is 1.41 bits per heavy atom.